The van der Waals surface area contributed by atoms with Crippen LogP contribution in [0.25, 0.3) is 0 Å². The third kappa shape index (κ3) is 1.78. The second kappa shape index (κ2) is 3.44. The summed E-state index contributed by atoms with van der Waals surface area (Å²) in [5.41, 5.74) is 3.92. The fraction of sp³-hybridized carbons (Fsp3) is 0.889. The van der Waals surface area contributed by atoms with Crippen molar-refractivity contribution in [1.29, 1.82) is 0 Å². The van der Waals surface area contributed by atoms with Gasteiger partial charge in [-0.3, -0.25) is 4.79 Å². The number of aliphatic hydroxyl groups is 1. The molecular formula is C9H17NO2. The predicted octanol–water partition coefficient (Wildman–Crippen LogP) is 0.803. The van der Waals surface area contributed by atoms with Crippen LogP contribution in [0.3, 0.4) is 0 Å². The lowest BCUT2D eigenvalue weighted by Gasteiger charge is -2.33. The molecule has 0 aromatic rings. The van der Waals surface area contributed by atoms with E-state index in [4.69, 9.17) is 5.73 Å². The van der Waals surface area contributed by atoms with Crippen molar-refractivity contribution in [1.82, 2.24) is 0 Å². The van der Waals surface area contributed by atoms with E-state index in [1.807, 2.05) is 0 Å². The van der Waals surface area contributed by atoms with Gasteiger partial charge in [0.05, 0.1) is 0 Å². The first kappa shape index (κ1) is 9.52. The maximum absolute atomic E-state index is 10.9. The Labute approximate surface area is 72.9 Å². The van der Waals surface area contributed by atoms with Crippen LogP contribution in [0.15, 0.2) is 0 Å². The summed E-state index contributed by atoms with van der Waals surface area (Å²) < 4.78 is 0. The molecule has 2 atom stereocenters. The minimum absolute atomic E-state index is 0.469. The summed E-state index contributed by atoms with van der Waals surface area (Å²) in [5, 5.41) is 9.78. The standard InChI is InChI=1S/C9H17NO2/c1-2-7-4-3-5-9(12,6-7)8(10)11/h7,12H,2-6H2,1H3,(H2,10,11). The lowest BCUT2D eigenvalue weighted by Crippen LogP contribution is -2.47. The van der Waals surface area contributed by atoms with Crippen LogP contribution in [0, 0.1) is 5.92 Å². The van der Waals surface area contributed by atoms with Gasteiger partial charge in [-0.15, -0.1) is 0 Å². The summed E-state index contributed by atoms with van der Waals surface area (Å²) in [6, 6.07) is 0. The van der Waals surface area contributed by atoms with Gasteiger partial charge in [-0.1, -0.05) is 19.8 Å². The van der Waals surface area contributed by atoms with Crippen LogP contribution in [0.4, 0.5) is 0 Å². The SMILES string of the molecule is CCC1CCCC(O)(C(N)=O)C1. The van der Waals surface area contributed by atoms with Crippen molar-refractivity contribution in [2.45, 2.75) is 44.6 Å². The molecule has 2 unspecified atom stereocenters. The van der Waals surface area contributed by atoms with Gasteiger partial charge in [0.2, 0.25) is 5.91 Å². The highest BCUT2D eigenvalue weighted by atomic mass is 16.3. The molecule has 1 rings (SSSR count). The number of hydrogen-bond acceptors (Lipinski definition) is 2. The molecule has 3 nitrogen and oxygen atoms in total. The van der Waals surface area contributed by atoms with Gasteiger partial charge in [-0.2, -0.15) is 0 Å². The molecule has 0 bridgehead atoms. The molecule has 3 heteroatoms. The zero-order chi connectivity index (χ0) is 9.19. The maximum atomic E-state index is 10.9. The van der Waals surface area contributed by atoms with Crippen molar-refractivity contribution in [2.24, 2.45) is 11.7 Å². The summed E-state index contributed by atoms with van der Waals surface area (Å²) in [6.45, 7) is 2.08. The highest BCUT2D eigenvalue weighted by Gasteiger charge is 2.38. The largest absolute Gasteiger partial charge is 0.380 e. The molecule has 0 spiro atoms. The highest BCUT2D eigenvalue weighted by molar-refractivity contribution is 5.83. The molecule has 0 aromatic heterocycles. The number of nitrogens with two attached hydrogens (primary N) is 1. The zero-order valence-corrected chi connectivity index (χ0v) is 7.55. The van der Waals surface area contributed by atoms with Gasteiger partial charge in [0.25, 0.3) is 0 Å². The average molecular weight is 171 g/mol. The predicted molar refractivity (Wildman–Crippen MR) is 46.4 cm³/mol. The van der Waals surface area contributed by atoms with E-state index in [-0.39, 0.29) is 0 Å². The Kier molecular flexibility index (Phi) is 2.73. The highest BCUT2D eigenvalue weighted by Crippen LogP contribution is 2.33. The third-order valence-electron chi connectivity index (χ3n) is 2.87. The number of primary amides is 1. The molecule has 0 radical (unpaired) electrons. The second-order valence-corrected chi connectivity index (χ2v) is 3.77. The monoisotopic (exact) mass is 171 g/mol. The molecular weight excluding hydrogens is 154 g/mol. The van der Waals surface area contributed by atoms with Crippen LogP contribution in [0.2, 0.25) is 0 Å². The number of rotatable bonds is 2. The van der Waals surface area contributed by atoms with E-state index in [1.54, 1.807) is 0 Å². The van der Waals surface area contributed by atoms with Crippen LogP contribution >= 0.6 is 0 Å². The second-order valence-electron chi connectivity index (χ2n) is 3.77. The van der Waals surface area contributed by atoms with Gasteiger partial charge in [-0.25, -0.2) is 0 Å². The third-order valence-corrected chi connectivity index (χ3v) is 2.87. The minimum atomic E-state index is -1.21. The molecule has 3 N–H and O–H groups in total. The van der Waals surface area contributed by atoms with Crippen LogP contribution < -0.4 is 5.73 Å². The summed E-state index contributed by atoms with van der Waals surface area (Å²) in [5.74, 6) is -0.0862. The van der Waals surface area contributed by atoms with Crippen LogP contribution in [-0.2, 0) is 4.79 Å². The summed E-state index contributed by atoms with van der Waals surface area (Å²) in [7, 11) is 0. The van der Waals surface area contributed by atoms with Gasteiger partial charge in [-0.05, 0) is 25.2 Å². The van der Waals surface area contributed by atoms with Gasteiger partial charge < -0.3 is 10.8 Å². The summed E-state index contributed by atoms with van der Waals surface area (Å²) >= 11 is 0. The molecule has 1 saturated carbocycles. The molecule has 1 aliphatic rings. The van der Waals surface area contributed by atoms with Gasteiger partial charge in [0.15, 0.2) is 0 Å². The van der Waals surface area contributed by atoms with Gasteiger partial charge in [0, 0.05) is 0 Å². The normalized spacial score (nSPS) is 36.3. The molecule has 0 aliphatic heterocycles. The molecule has 1 amide bonds. The topological polar surface area (TPSA) is 63.3 Å². The summed E-state index contributed by atoms with van der Waals surface area (Å²) in [6.07, 6.45) is 4.15. The van der Waals surface area contributed by atoms with E-state index in [1.165, 1.54) is 0 Å². The van der Waals surface area contributed by atoms with E-state index >= 15 is 0 Å². The van der Waals surface area contributed by atoms with Crippen LogP contribution in [0.1, 0.15) is 39.0 Å². The maximum Gasteiger partial charge on any atom is 0.249 e. The quantitative estimate of drug-likeness (QED) is 0.645. The first-order valence-corrected chi connectivity index (χ1v) is 4.61. The fourth-order valence-corrected chi connectivity index (χ4v) is 1.94. The van der Waals surface area contributed by atoms with E-state index < -0.39 is 11.5 Å². The first-order valence-electron chi connectivity index (χ1n) is 4.61. The fourth-order valence-electron chi connectivity index (χ4n) is 1.94. The van der Waals surface area contributed by atoms with E-state index in [2.05, 4.69) is 6.92 Å². The van der Waals surface area contributed by atoms with Crippen LogP contribution in [0.5, 0.6) is 0 Å². The van der Waals surface area contributed by atoms with Crippen molar-refractivity contribution in [3.05, 3.63) is 0 Å². The van der Waals surface area contributed by atoms with E-state index in [9.17, 15) is 9.90 Å². The van der Waals surface area contributed by atoms with Crippen molar-refractivity contribution in [3.8, 4) is 0 Å². The lowest BCUT2D eigenvalue weighted by atomic mass is 9.77. The smallest absolute Gasteiger partial charge is 0.249 e. The van der Waals surface area contributed by atoms with Crippen LogP contribution in [-0.4, -0.2) is 16.6 Å². The Morgan fingerprint density at radius 2 is 2.42 bits per heavy atom. The van der Waals surface area contributed by atoms with Crippen molar-refractivity contribution in [2.75, 3.05) is 0 Å². The number of carbonyl (C=O) groups excluding carboxylic acids is 1. The van der Waals surface area contributed by atoms with Crippen molar-refractivity contribution < 1.29 is 9.90 Å². The Balaban J connectivity index is 2.61. The zero-order valence-electron chi connectivity index (χ0n) is 7.55. The average Bonchev–Trinajstić information content (AvgIpc) is 2.04. The van der Waals surface area contributed by atoms with E-state index in [0.717, 1.165) is 19.3 Å². The molecule has 1 aliphatic carbocycles. The van der Waals surface area contributed by atoms with Gasteiger partial charge in [0.1, 0.15) is 5.60 Å². The molecule has 0 saturated heterocycles. The molecule has 0 aromatic carbocycles. The molecule has 70 valence electrons. The molecule has 1 fully saturated rings. The minimum Gasteiger partial charge on any atom is -0.380 e. The molecule has 12 heavy (non-hydrogen) atoms. The van der Waals surface area contributed by atoms with E-state index in [0.29, 0.717) is 18.8 Å². The number of hydrogen-bond donors (Lipinski definition) is 2. The first-order chi connectivity index (χ1) is 5.58. The van der Waals surface area contributed by atoms with Crippen molar-refractivity contribution in [3.63, 3.8) is 0 Å². The Morgan fingerprint density at radius 3 is 2.92 bits per heavy atom. The Bertz CT molecular complexity index is 181. The van der Waals surface area contributed by atoms with Gasteiger partial charge >= 0.3 is 0 Å². The molecule has 0 heterocycles. The summed E-state index contributed by atoms with van der Waals surface area (Å²) in [4.78, 5) is 10.9. The Hall–Kier alpha value is -0.570. The number of amides is 1. The number of carbonyl (C=O) groups is 1. The van der Waals surface area contributed by atoms with Crippen molar-refractivity contribution >= 4 is 5.91 Å². The lowest BCUT2D eigenvalue weighted by molar-refractivity contribution is -0.141. The Morgan fingerprint density at radius 1 is 1.75 bits per heavy atom.